The molecule has 0 N–H and O–H groups in total. The summed E-state index contributed by atoms with van der Waals surface area (Å²) in [4.78, 5) is 37.6. The summed E-state index contributed by atoms with van der Waals surface area (Å²) in [5, 5.41) is 0. The number of carbonyl (C=O) groups excluding carboxylic acids is 2. The number of rotatable bonds is 43. The highest BCUT2D eigenvalue weighted by Gasteiger charge is 2.21. The Hall–Kier alpha value is -1.25. The second-order valence-electron chi connectivity index (χ2n) is 17.1. The second-order valence-corrected chi connectivity index (χ2v) is 18.5. The second kappa shape index (κ2) is 39.2. The molecule has 0 rings (SSSR count). The van der Waals surface area contributed by atoms with Crippen LogP contribution in [-0.4, -0.2) is 70.0 Å². The lowest BCUT2D eigenvalue weighted by Crippen LogP contribution is -2.37. The van der Waals surface area contributed by atoms with Crippen molar-refractivity contribution < 1.29 is 42.1 Å². The van der Waals surface area contributed by atoms with E-state index in [0.717, 1.165) is 51.4 Å². The predicted molar refractivity (Wildman–Crippen MR) is 231 cm³/mol. The third-order valence-corrected chi connectivity index (χ3v) is 11.2. The molecule has 1 unspecified atom stereocenters. The number of esters is 2. The van der Waals surface area contributed by atoms with Gasteiger partial charge >= 0.3 is 11.9 Å². The summed E-state index contributed by atoms with van der Waals surface area (Å²) in [6, 6.07) is 0. The SMILES string of the molecule is CCCCCCCC/C=C\CCCCCCCC(=O)O[C@H](COC(=O)CCCCCCCCCCCCCCCCCCC)COP(=O)([O-])OCC[N+](C)(C)C. The zero-order chi connectivity index (χ0) is 41.4. The maximum atomic E-state index is 12.7. The Morgan fingerprint density at radius 3 is 1.32 bits per heavy atom. The molecule has 0 aromatic heterocycles. The van der Waals surface area contributed by atoms with E-state index in [2.05, 4.69) is 26.0 Å². The molecular weight excluding hydrogens is 725 g/mol. The van der Waals surface area contributed by atoms with Gasteiger partial charge in [-0.1, -0.05) is 180 Å². The van der Waals surface area contributed by atoms with Gasteiger partial charge in [-0.15, -0.1) is 0 Å². The number of likely N-dealkylation sites (N-methyl/N-ethyl adjacent to an activating group) is 1. The van der Waals surface area contributed by atoms with Crippen molar-refractivity contribution in [3.05, 3.63) is 12.2 Å². The van der Waals surface area contributed by atoms with Crippen LogP contribution in [0.1, 0.15) is 219 Å². The van der Waals surface area contributed by atoms with Crippen LogP contribution in [0.3, 0.4) is 0 Å². The van der Waals surface area contributed by atoms with Gasteiger partial charge in [0.25, 0.3) is 7.82 Å². The highest BCUT2D eigenvalue weighted by molar-refractivity contribution is 7.45. The first-order valence-electron chi connectivity index (χ1n) is 23.4. The highest BCUT2D eigenvalue weighted by atomic mass is 31.2. The number of unbranched alkanes of at least 4 members (excludes halogenated alkanes) is 27. The number of hydrogen-bond acceptors (Lipinski definition) is 8. The minimum atomic E-state index is -4.62. The zero-order valence-corrected chi connectivity index (χ0v) is 38.2. The maximum Gasteiger partial charge on any atom is 0.306 e. The summed E-state index contributed by atoms with van der Waals surface area (Å²) in [6.45, 7) is 4.24. The van der Waals surface area contributed by atoms with E-state index in [-0.39, 0.29) is 32.0 Å². The van der Waals surface area contributed by atoms with Gasteiger partial charge in [0, 0.05) is 12.8 Å². The molecule has 0 aromatic rings. The quantitative estimate of drug-likeness (QED) is 0.0197. The van der Waals surface area contributed by atoms with E-state index in [0.29, 0.717) is 17.4 Å². The average molecular weight is 816 g/mol. The Bertz CT molecular complexity index is 969. The molecule has 0 heterocycles. The molecule has 0 bridgehead atoms. The van der Waals surface area contributed by atoms with E-state index in [9.17, 15) is 19.0 Å². The van der Waals surface area contributed by atoms with Crippen molar-refractivity contribution in [2.24, 2.45) is 0 Å². The van der Waals surface area contributed by atoms with Crippen LogP contribution in [0.5, 0.6) is 0 Å². The molecule has 0 aliphatic heterocycles. The van der Waals surface area contributed by atoms with Gasteiger partial charge in [0.05, 0.1) is 27.7 Å². The van der Waals surface area contributed by atoms with Gasteiger partial charge in [0.1, 0.15) is 19.8 Å². The number of phosphoric acid groups is 1. The fourth-order valence-electron chi connectivity index (χ4n) is 6.59. The summed E-state index contributed by atoms with van der Waals surface area (Å²) >= 11 is 0. The summed E-state index contributed by atoms with van der Waals surface area (Å²) in [7, 11) is 1.17. The molecule has 2 atom stereocenters. The maximum absolute atomic E-state index is 12.7. The monoisotopic (exact) mass is 816 g/mol. The van der Waals surface area contributed by atoms with Crippen molar-refractivity contribution in [3.8, 4) is 0 Å². The van der Waals surface area contributed by atoms with Gasteiger partial charge in [-0.05, 0) is 38.5 Å². The van der Waals surface area contributed by atoms with Crippen LogP contribution in [0.2, 0.25) is 0 Å². The molecule has 0 radical (unpaired) electrons. The number of carbonyl (C=O) groups is 2. The van der Waals surface area contributed by atoms with Crippen LogP contribution < -0.4 is 4.89 Å². The van der Waals surface area contributed by atoms with Crippen molar-refractivity contribution >= 4 is 19.8 Å². The Balaban J connectivity index is 4.29. The minimum Gasteiger partial charge on any atom is -0.756 e. The van der Waals surface area contributed by atoms with Gasteiger partial charge in [0.15, 0.2) is 6.10 Å². The molecule has 56 heavy (non-hydrogen) atoms. The van der Waals surface area contributed by atoms with Gasteiger partial charge in [-0.3, -0.25) is 14.2 Å². The lowest BCUT2D eigenvalue weighted by molar-refractivity contribution is -0.870. The van der Waals surface area contributed by atoms with Crippen molar-refractivity contribution in [3.63, 3.8) is 0 Å². The number of quaternary nitrogens is 1. The predicted octanol–water partition coefficient (Wildman–Crippen LogP) is 12.7. The van der Waals surface area contributed by atoms with Gasteiger partial charge < -0.3 is 27.9 Å². The molecule has 10 heteroatoms. The fraction of sp³-hybridized carbons (Fsp3) is 0.913. The standard InChI is InChI=1S/C46H90NO8P/c1-6-8-10-12-14-16-18-20-22-23-25-26-28-30-32-34-36-38-45(48)52-42-44(43-54-56(50,51)53-41-40-47(3,4)5)55-46(49)39-37-35-33-31-29-27-24-21-19-17-15-13-11-9-7-2/h21,24,44H,6-20,22-23,25-43H2,1-5H3/b24-21-/t44-/m1/s1. The van der Waals surface area contributed by atoms with Crippen LogP contribution in [0.4, 0.5) is 0 Å². The topological polar surface area (TPSA) is 111 Å². The molecule has 9 nitrogen and oxygen atoms in total. The molecule has 0 aliphatic rings. The van der Waals surface area contributed by atoms with E-state index in [4.69, 9.17) is 18.5 Å². The fourth-order valence-corrected chi connectivity index (χ4v) is 7.32. The molecule has 0 saturated heterocycles. The van der Waals surface area contributed by atoms with Crippen molar-refractivity contribution in [2.45, 2.75) is 225 Å². The Labute approximate surface area is 346 Å². The summed E-state index contributed by atoms with van der Waals surface area (Å²) in [5.41, 5.74) is 0. The summed E-state index contributed by atoms with van der Waals surface area (Å²) < 4.78 is 33.9. The third-order valence-electron chi connectivity index (χ3n) is 10.3. The minimum absolute atomic E-state index is 0.0292. The largest absolute Gasteiger partial charge is 0.756 e. The summed E-state index contributed by atoms with van der Waals surface area (Å²) in [6.07, 6.45) is 40.9. The van der Waals surface area contributed by atoms with E-state index in [1.807, 2.05) is 21.1 Å². The molecule has 0 aliphatic carbocycles. The summed E-state index contributed by atoms with van der Waals surface area (Å²) in [5.74, 6) is -0.833. The number of phosphoric ester groups is 1. The molecule has 0 saturated carbocycles. The van der Waals surface area contributed by atoms with Crippen LogP contribution in [-0.2, 0) is 32.7 Å². The van der Waals surface area contributed by atoms with Crippen molar-refractivity contribution in [1.29, 1.82) is 0 Å². The molecule has 0 spiro atoms. The molecule has 0 amide bonds. The molecule has 0 aromatic carbocycles. The molecule has 0 fully saturated rings. The van der Waals surface area contributed by atoms with E-state index in [1.54, 1.807) is 0 Å². The van der Waals surface area contributed by atoms with Crippen LogP contribution >= 0.6 is 7.82 Å². The van der Waals surface area contributed by atoms with Crippen LogP contribution in [0.15, 0.2) is 12.2 Å². The zero-order valence-electron chi connectivity index (χ0n) is 37.3. The van der Waals surface area contributed by atoms with Crippen LogP contribution in [0.25, 0.3) is 0 Å². The Morgan fingerprint density at radius 2 is 0.911 bits per heavy atom. The Kier molecular flexibility index (Phi) is 38.3. The highest BCUT2D eigenvalue weighted by Crippen LogP contribution is 2.38. The van der Waals surface area contributed by atoms with Crippen LogP contribution in [0, 0.1) is 0 Å². The smallest absolute Gasteiger partial charge is 0.306 e. The first kappa shape index (κ1) is 54.8. The number of nitrogens with zero attached hydrogens (tertiary/aromatic N) is 1. The number of ether oxygens (including phenoxy) is 2. The third kappa shape index (κ3) is 42.4. The van der Waals surface area contributed by atoms with Crippen molar-refractivity contribution in [2.75, 3.05) is 47.5 Å². The van der Waals surface area contributed by atoms with Gasteiger partial charge in [-0.25, -0.2) is 0 Å². The van der Waals surface area contributed by atoms with E-state index in [1.165, 1.54) is 135 Å². The first-order chi connectivity index (χ1) is 27.0. The normalized spacial score (nSPS) is 13.6. The number of allylic oxidation sites excluding steroid dienone is 2. The molecular formula is C46H90NO8P. The number of hydrogen-bond donors (Lipinski definition) is 0. The average Bonchev–Trinajstić information content (AvgIpc) is 3.15. The van der Waals surface area contributed by atoms with Gasteiger partial charge in [0.2, 0.25) is 0 Å². The van der Waals surface area contributed by atoms with Gasteiger partial charge in [-0.2, -0.15) is 0 Å². The lowest BCUT2D eigenvalue weighted by Gasteiger charge is -2.28. The van der Waals surface area contributed by atoms with E-state index >= 15 is 0 Å². The lowest BCUT2D eigenvalue weighted by atomic mass is 10.0. The van der Waals surface area contributed by atoms with E-state index < -0.39 is 26.5 Å². The Morgan fingerprint density at radius 1 is 0.536 bits per heavy atom. The first-order valence-corrected chi connectivity index (χ1v) is 24.9. The molecule has 332 valence electrons. The van der Waals surface area contributed by atoms with Crippen molar-refractivity contribution in [1.82, 2.24) is 0 Å².